The van der Waals surface area contributed by atoms with Gasteiger partial charge >= 0.3 is 0 Å². The summed E-state index contributed by atoms with van der Waals surface area (Å²) < 4.78 is 0. The maximum absolute atomic E-state index is 10.2. The third-order valence-corrected chi connectivity index (χ3v) is 2.17. The lowest BCUT2D eigenvalue weighted by Crippen LogP contribution is -1.77. The molecule has 1 fully saturated rings. The number of aldehydes is 1. The summed E-state index contributed by atoms with van der Waals surface area (Å²) >= 11 is 0. The molecule has 0 aromatic rings. The Bertz CT molecular complexity index is 149. The molecule has 2 atom stereocenters. The van der Waals surface area contributed by atoms with E-state index < -0.39 is 0 Å². The van der Waals surface area contributed by atoms with Gasteiger partial charge < -0.3 is 4.79 Å². The van der Waals surface area contributed by atoms with Crippen molar-refractivity contribution in [2.75, 3.05) is 0 Å². The van der Waals surface area contributed by atoms with Crippen molar-refractivity contribution in [2.45, 2.75) is 32.6 Å². The molecule has 0 bridgehead atoms. The molecule has 0 radical (unpaired) electrons. The summed E-state index contributed by atoms with van der Waals surface area (Å²) in [6.45, 7) is 2.19. The van der Waals surface area contributed by atoms with Crippen LogP contribution in [0.5, 0.6) is 0 Å². The largest absolute Gasteiger partial charge is 0.303 e. The fourth-order valence-corrected chi connectivity index (χ4v) is 1.21. The van der Waals surface area contributed by atoms with E-state index in [4.69, 9.17) is 0 Å². The molecular formula is C10H16O. The molecule has 62 valence electrons. The first-order chi connectivity index (χ1) is 5.38. The Hall–Kier alpha value is -0.590. The number of unbranched alkanes of at least 4 members (excludes halogenated alkanes) is 2. The first-order valence-corrected chi connectivity index (χ1v) is 4.50. The Morgan fingerprint density at radius 2 is 2.27 bits per heavy atom. The molecule has 0 unspecified atom stereocenters. The van der Waals surface area contributed by atoms with Gasteiger partial charge in [0, 0.05) is 5.92 Å². The van der Waals surface area contributed by atoms with Crippen LogP contribution in [0.2, 0.25) is 0 Å². The molecule has 0 spiro atoms. The monoisotopic (exact) mass is 152 g/mol. The molecule has 0 saturated heterocycles. The molecule has 11 heavy (non-hydrogen) atoms. The third-order valence-electron chi connectivity index (χ3n) is 2.17. The van der Waals surface area contributed by atoms with Crippen LogP contribution in [-0.2, 0) is 4.79 Å². The second-order valence-electron chi connectivity index (χ2n) is 3.27. The zero-order chi connectivity index (χ0) is 8.10. The highest BCUT2D eigenvalue weighted by Crippen LogP contribution is 2.37. The van der Waals surface area contributed by atoms with E-state index >= 15 is 0 Å². The smallest absolute Gasteiger partial charge is 0.123 e. The predicted octanol–water partition coefficient (Wildman–Crippen LogP) is 2.57. The Balaban J connectivity index is 2.03. The normalized spacial score (nSPS) is 29.2. The lowest BCUT2D eigenvalue weighted by atomic mass is 10.2. The van der Waals surface area contributed by atoms with E-state index in [1.54, 1.807) is 0 Å². The van der Waals surface area contributed by atoms with Crippen molar-refractivity contribution in [2.24, 2.45) is 11.8 Å². The van der Waals surface area contributed by atoms with Gasteiger partial charge in [-0.05, 0) is 18.8 Å². The lowest BCUT2D eigenvalue weighted by molar-refractivity contribution is -0.109. The highest BCUT2D eigenvalue weighted by Gasteiger charge is 2.33. The first kappa shape index (κ1) is 8.51. The van der Waals surface area contributed by atoms with Crippen LogP contribution in [0.25, 0.3) is 0 Å². The van der Waals surface area contributed by atoms with Gasteiger partial charge in [0.2, 0.25) is 0 Å². The summed E-state index contributed by atoms with van der Waals surface area (Å²) in [6.07, 6.45) is 10.3. The number of rotatable bonds is 5. The van der Waals surface area contributed by atoms with Gasteiger partial charge in [0.1, 0.15) is 6.29 Å². The van der Waals surface area contributed by atoms with Crippen molar-refractivity contribution in [3.05, 3.63) is 12.2 Å². The number of hydrogen-bond acceptors (Lipinski definition) is 1. The number of carbonyl (C=O) groups is 1. The minimum atomic E-state index is 0.355. The number of carbonyl (C=O) groups excluding carboxylic acids is 1. The summed E-state index contributed by atoms with van der Waals surface area (Å²) in [5.74, 6) is 0.942. The van der Waals surface area contributed by atoms with Crippen molar-refractivity contribution in [3.8, 4) is 0 Å². The van der Waals surface area contributed by atoms with Gasteiger partial charge in [-0.1, -0.05) is 31.9 Å². The molecule has 0 aromatic carbocycles. The Labute approximate surface area is 68.5 Å². The van der Waals surface area contributed by atoms with Crippen LogP contribution < -0.4 is 0 Å². The van der Waals surface area contributed by atoms with Crippen LogP contribution in [0.3, 0.4) is 0 Å². The van der Waals surface area contributed by atoms with Gasteiger partial charge in [-0.2, -0.15) is 0 Å². The maximum Gasteiger partial charge on any atom is 0.123 e. The van der Waals surface area contributed by atoms with E-state index in [1.807, 2.05) is 0 Å². The van der Waals surface area contributed by atoms with Gasteiger partial charge in [0.15, 0.2) is 0 Å². The number of hydrogen-bond donors (Lipinski definition) is 0. The summed E-state index contributed by atoms with van der Waals surface area (Å²) in [5.41, 5.74) is 0. The second-order valence-corrected chi connectivity index (χ2v) is 3.27. The Morgan fingerprint density at radius 3 is 2.82 bits per heavy atom. The molecule has 0 heterocycles. The average molecular weight is 152 g/mol. The Morgan fingerprint density at radius 1 is 1.45 bits per heavy atom. The van der Waals surface area contributed by atoms with Crippen molar-refractivity contribution in [1.82, 2.24) is 0 Å². The SMILES string of the molecule is CCCC/C=C/[C@@H]1C[C@@H]1C=O. The van der Waals surface area contributed by atoms with Crippen LogP contribution >= 0.6 is 0 Å². The first-order valence-electron chi connectivity index (χ1n) is 4.50. The molecule has 1 aliphatic rings. The summed E-state index contributed by atoms with van der Waals surface area (Å²) in [4.78, 5) is 10.2. The summed E-state index contributed by atoms with van der Waals surface area (Å²) in [7, 11) is 0. The van der Waals surface area contributed by atoms with Gasteiger partial charge in [0.05, 0.1) is 0 Å². The highest BCUT2D eigenvalue weighted by atomic mass is 16.1. The minimum absolute atomic E-state index is 0.355. The van der Waals surface area contributed by atoms with E-state index in [-0.39, 0.29) is 0 Å². The molecule has 0 N–H and O–H groups in total. The molecule has 0 aliphatic heterocycles. The number of allylic oxidation sites excluding steroid dienone is 2. The average Bonchev–Trinajstić information content (AvgIpc) is 2.77. The zero-order valence-corrected chi connectivity index (χ0v) is 7.12. The lowest BCUT2D eigenvalue weighted by Gasteiger charge is -1.87. The van der Waals surface area contributed by atoms with Crippen LogP contribution in [0.15, 0.2) is 12.2 Å². The second kappa shape index (κ2) is 4.32. The Kier molecular flexibility index (Phi) is 3.34. The van der Waals surface area contributed by atoms with Gasteiger partial charge in [0.25, 0.3) is 0 Å². The van der Waals surface area contributed by atoms with Crippen LogP contribution in [0, 0.1) is 11.8 Å². The van der Waals surface area contributed by atoms with Crippen LogP contribution in [-0.4, -0.2) is 6.29 Å². The van der Waals surface area contributed by atoms with Crippen molar-refractivity contribution >= 4 is 6.29 Å². The molecule has 1 rings (SSSR count). The third kappa shape index (κ3) is 2.87. The minimum Gasteiger partial charge on any atom is -0.303 e. The molecule has 0 aromatic heterocycles. The van der Waals surface area contributed by atoms with Crippen LogP contribution in [0.4, 0.5) is 0 Å². The fourth-order valence-electron chi connectivity index (χ4n) is 1.21. The van der Waals surface area contributed by atoms with E-state index in [0.717, 1.165) is 12.7 Å². The van der Waals surface area contributed by atoms with E-state index in [1.165, 1.54) is 19.3 Å². The van der Waals surface area contributed by atoms with E-state index in [2.05, 4.69) is 19.1 Å². The van der Waals surface area contributed by atoms with Crippen molar-refractivity contribution in [3.63, 3.8) is 0 Å². The molecule has 1 saturated carbocycles. The maximum atomic E-state index is 10.2. The molecule has 0 amide bonds. The van der Waals surface area contributed by atoms with E-state index in [9.17, 15) is 4.79 Å². The van der Waals surface area contributed by atoms with Crippen LogP contribution in [0.1, 0.15) is 32.6 Å². The summed E-state index contributed by atoms with van der Waals surface area (Å²) in [6, 6.07) is 0. The predicted molar refractivity (Wildman–Crippen MR) is 46.3 cm³/mol. The van der Waals surface area contributed by atoms with Crippen molar-refractivity contribution in [1.29, 1.82) is 0 Å². The van der Waals surface area contributed by atoms with Gasteiger partial charge in [-0.25, -0.2) is 0 Å². The van der Waals surface area contributed by atoms with E-state index in [0.29, 0.717) is 11.8 Å². The summed E-state index contributed by atoms with van der Waals surface area (Å²) in [5, 5.41) is 0. The van der Waals surface area contributed by atoms with Gasteiger partial charge in [-0.3, -0.25) is 0 Å². The topological polar surface area (TPSA) is 17.1 Å². The highest BCUT2D eigenvalue weighted by molar-refractivity contribution is 5.59. The molecule has 1 heteroatoms. The zero-order valence-electron chi connectivity index (χ0n) is 7.12. The standard InChI is InChI=1S/C10H16O/c1-2-3-4-5-6-9-7-10(9)8-11/h5-6,8-10H,2-4,7H2,1H3/b6-5+/t9-,10-/m1/s1. The molecule has 1 aliphatic carbocycles. The molecule has 1 nitrogen and oxygen atoms in total. The van der Waals surface area contributed by atoms with Crippen molar-refractivity contribution < 1.29 is 4.79 Å². The fraction of sp³-hybridized carbons (Fsp3) is 0.700. The molecular weight excluding hydrogens is 136 g/mol. The quantitative estimate of drug-likeness (QED) is 0.336. The van der Waals surface area contributed by atoms with Gasteiger partial charge in [-0.15, -0.1) is 0 Å².